The number of allylic oxidation sites excluding steroid dienone is 2. The summed E-state index contributed by atoms with van der Waals surface area (Å²) in [6.07, 6.45) is 15.9. The van der Waals surface area contributed by atoms with Crippen LogP contribution in [0.5, 0.6) is 0 Å². The fourth-order valence-electron chi connectivity index (χ4n) is 7.97. The Labute approximate surface area is 183 Å². The monoisotopic (exact) mass is 413 g/mol. The van der Waals surface area contributed by atoms with Gasteiger partial charge in [0.25, 0.3) is 0 Å². The smallest absolute Gasteiger partial charge is 0.0596 e. The molecule has 0 aromatic carbocycles. The minimum absolute atomic E-state index is 0.117. The minimum atomic E-state index is -0.952. The van der Waals surface area contributed by atoms with Gasteiger partial charge in [-0.2, -0.15) is 0 Å². The molecule has 0 unspecified atom stereocenters. The van der Waals surface area contributed by atoms with Gasteiger partial charge in [-0.05, 0) is 98.2 Å². The summed E-state index contributed by atoms with van der Waals surface area (Å²) in [5.41, 5.74) is 1.48. The molecule has 3 nitrogen and oxygen atoms in total. The van der Waals surface area contributed by atoms with Gasteiger partial charge in [0.05, 0.1) is 12.1 Å². The number of aliphatic hydroxyl groups is 1. The van der Waals surface area contributed by atoms with Gasteiger partial charge in [-0.25, -0.2) is 0 Å². The van der Waals surface area contributed by atoms with Crippen LogP contribution in [0.15, 0.2) is 23.8 Å². The molecule has 0 saturated heterocycles. The van der Waals surface area contributed by atoms with E-state index >= 15 is 0 Å². The molecule has 3 heteroatoms. The van der Waals surface area contributed by atoms with Gasteiger partial charge in [-0.15, -0.1) is 0 Å². The Morgan fingerprint density at radius 3 is 2.60 bits per heavy atom. The summed E-state index contributed by atoms with van der Waals surface area (Å²) < 4.78 is 0. The molecule has 0 heterocycles. The summed E-state index contributed by atoms with van der Waals surface area (Å²) in [5.74, 6) is 1.72. The second-order valence-electron chi connectivity index (χ2n) is 11.8. The highest BCUT2D eigenvalue weighted by molar-refractivity contribution is 5.74. The third-order valence-corrected chi connectivity index (χ3v) is 9.89. The van der Waals surface area contributed by atoms with Crippen molar-refractivity contribution >= 4 is 5.97 Å². The lowest BCUT2D eigenvalue weighted by atomic mass is 9.45. The molecule has 168 valence electrons. The molecule has 3 saturated carbocycles. The Bertz CT molecular complexity index is 722. The van der Waals surface area contributed by atoms with Crippen LogP contribution in [-0.4, -0.2) is 17.2 Å². The van der Waals surface area contributed by atoms with E-state index in [9.17, 15) is 15.0 Å². The fraction of sp³-hybridized carbons (Fsp3) is 0.815. The van der Waals surface area contributed by atoms with Gasteiger partial charge in [0.15, 0.2) is 0 Å². The van der Waals surface area contributed by atoms with Crippen molar-refractivity contribution in [2.45, 2.75) is 91.6 Å². The molecule has 8 atom stereocenters. The van der Waals surface area contributed by atoms with E-state index < -0.39 is 11.9 Å². The summed E-state index contributed by atoms with van der Waals surface area (Å²) in [6, 6.07) is 0. The van der Waals surface area contributed by atoms with Gasteiger partial charge in [-0.3, -0.25) is 0 Å². The van der Waals surface area contributed by atoms with E-state index in [1.165, 1.54) is 25.7 Å². The third-order valence-electron chi connectivity index (χ3n) is 9.89. The minimum Gasteiger partial charge on any atom is -0.549 e. The van der Waals surface area contributed by atoms with Crippen molar-refractivity contribution in [2.75, 3.05) is 0 Å². The van der Waals surface area contributed by atoms with Gasteiger partial charge >= 0.3 is 0 Å². The molecule has 4 rings (SSSR count). The molecule has 0 aromatic rings. The first-order chi connectivity index (χ1) is 14.2. The van der Waals surface area contributed by atoms with Crippen molar-refractivity contribution < 1.29 is 15.0 Å². The predicted octanol–water partition coefficient (Wildman–Crippen LogP) is 4.89. The summed E-state index contributed by atoms with van der Waals surface area (Å²) in [6.45, 7) is 9.13. The van der Waals surface area contributed by atoms with E-state index in [-0.39, 0.29) is 16.9 Å². The third kappa shape index (κ3) is 3.59. The zero-order valence-corrected chi connectivity index (χ0v) is 19.4. The second-order valence-corrected chi connectivity index (χ2v) is 11.8. The highest BCUT2D eigenvalue weighted by Crippen LogP contribution is 2.66. The number of carboxylic acids is 1. The Balaban J connectivity index is 1.54. The fourth-order valence-corrected chi connectivity index (χ4v) is 7.97. The summed E-state index contributed by atoms with van der Waals surface area (Å²) in [5, 5.41) is 22.6. The van der Waals surface area contributed by atoms with Crippen molar-refractivity contribution in [2.24, 2.45) is 46.3 Å². The Morgan fingerprint density at radius 2 is 1.90 bits per heavy atom. The Morgan fingerprint density at radius 1 is 1.17 bits per heavy atom. The van der Waals surface area contributed by atoms with Gasteiger partial charge in [0, 0.05) is 5.92 Å². The molecule has 0 spiro atoms. The van der Waals surface area contributed by atoms with E-state index in [0.717, 1.165) is 49.5 Å². The van der Waals surface area contributed by atoms with Crippen LogP contribution in [0.25, 0.3) is 0 Å². The number of aliphatic hydroxyl groups excluding tert-OH is 1. The van der Waals surface area contributed by atoms with Gasteiger partial charge in [-0.1, -0.05) is 51.5 Å². The first-order valence-electron chi connectivity index (χ1n) is 12.4. The van der Waals surface area contributed by atoms with E-state index in [0.29, 0.717) is 17.8 Å². The first kappa shape index (κ1) is 22.1. The van der Waals surface area contributed by atoms with Crippen LogP contribution in [-0.2, 0) is 4.79 Å². The van der Waals surface area contributed by atoms with E-state index in [1.807, 2.05) is 12.2 Å². The van der Waals surface area contributed by atoms with Crippen LogP contribution in [0, 0.1) is 46.3 Å². The maximum atomic E-state index is 11.9. The summed E-state index contributed by atoms with van der Waals surface area (Å²) in [7, 11) is 0. The molecule has 0 aromatic heterocycles. The molecule has 3 fully saturated rings. The number of rotatable bonds is 5. The van der Waals surface area contributed by atoms with Crippen molar-refractivity contribution in [1.29, 1.82) is 0 Å². The normalized spacial score (nSPS) is 44.3. The SMILES string of the molecule is CC(C)C/C=C\[C@H](C(=O)[O-])C1=CC[C@@]2(C)[C@@H](CC[C@H]3[C@H]4CC[C@H](O)[C@@]4(C)CC[C@@H]32)C1. The van der Waals surface area contributed by atoms with Crippen LogP contribution < -0.4 is 5.11 Å². The summed E-state index contributed by atoms with van der Waals surface area (Å²) >= 11 is 0. The lowest BCUT2D eigenvalue weighted by Crippen LogP contribution is -2.53. The van der Waals surface area contributed by atoms with Gasteiger partial charge in [0.2, 0.25) is 0 Å². The number of carbonyl (C=O) groups is 1. The Kier molecular flexibility index (Phi) is 5.98. The lowest BCUT2D eigenvalue weighted by molar-refractivity contribution is -0.308. The molecule has 0 amide bonds. The molecule has 1 N–H and O–H groups in total. The maximum Gasteiger partial charge on any atom is 0.0596 e. The molecule has 4 aliphatic carbocycles. The molecule has 30 heavy (non-hydrogen) atoms. The average Bonchev–Trinajstić information content (AvgIpc) is 2.99. The number of hydrogen-bond donors (Lipinski definition) is 1. The second kappa shape index (κ2) is 8.11. The Hall–Kier alpha value is -1.09. The quantitative estimate of drug-likeness (QED) is 0.653. The average molecular weight is 414 g/mol. The standard InChI is InChI=1S/C27H42O3/c1-17(2)6-5-7-20(25(29)30)18-12-14-26(3)19(16-18)8-9-21-22-10-11-24(28)27(22,4)15-13-23(21)26/h5,7,12,17,19-24,28H,6,8-11,13-16H2,1-4H3,(H,29,30)/p-1/b7-5-/t19-,20-,21-,22+,23-,24-,26-,27-/m0/s1. The number of carbonyl (C=O) groups excluding carboxylic acids is 1. The van der Waals surface area contributed by atoms with Crippen LogP contribution in [0.4, 0.5) is 0 Å². The van der Waals surface area contributed by atoms with E-state index in [2.05, 4.69) is 33.8 Å². The van der Waals surface area contributed by atoms with Crippen molar-refractivity contribution in [3.8, 4) is 0 Å². The molecule has 0 radical (unpaired) electrons. The zero-order valence-electron chi connectivity index (χ0n) is 19.4. The molecular weight excluding hydrogens is 372 g/mol. The van der Waals surface area contributed by atoms with Crippen molar-refractivity contribution in [3.63, 3.8) is 0 Å². The number of fused-ring (bicyclic) bond motifs is 5. The van der Waals surface area contributed by atoms with Crippen molar-refractivity contribution in [1.82, 2.24) is 0 Å². The van der Waals surface area contributed by atoms with Crippen LogP contribution in [0.3, 0.4) is 0 Å². The molecular formula is C27H41O3-. The summed E-state index contributed by atoms with van der Waals surface area (Å²) in [4.78, 5) is 11.9. The molecule has 0 aliphatic heterocycles. The molecule has 4 aliphatic rings. The van der Waals surface area contributed by atoms with E-state index in [1.54, 1.807) is 0 Å². The maximum absolute atomic E-state index is 11.9. The van der Waals surface area contributed by atoms with Crippen molar-refractivity contribution in [3.05, 3.63) is 23.8 Å². The van der Waals surface area contributed by atoms with Crippen LogP contribution in [0.1, 0.15) is 85.5 Å². The highest BCUT2D eigenvalue weighted by atomic mass is 16.4. The molecule has 0 bridgehead atoms. The predicted molar refractivity (Wildman–Crippen MR) is 118 cm³/mol. The lowest BCUT2D eigenvalue weighted by Gasteiger charge is -2.60. The highest BCUT2D eigenvalue weighted by Gasteiger charge is 2.59. The van der Waals surface area contributed by atoms with Crippen LogP contribution in [0.2, 0.25) is 0 Å². The largest absolute Gasteiger partial charge is 0.549 e. The van der Waals surface area contributed by atoms with Gasteiger partial charge < -0.3 is 15.0 Å². The number of carboxylic acid groups (broad SMARTS) is 1. The first-order valence-corrected chi connectivity index (χ1v) is 12.4. The van der Waals surface area contributed by atoms with E-state index in [4.69, 9.17) is 0 Å². The van der Waals surface area contributed by atoms with Gasteiger partial charge in [0.1, 0.15) is 0 Å². The number of aliphatic carboxylic acids is 1. The number of hydrogen-bond acceptors (Lipinski definition) is 3. The van der Waals surface area contributed by atoms with Crippen LogP contribution >= 0.6 is 0 Å². The topological polar surface area (TPSA) is 60.4 Å². The zero-order chi connectivity index (χ0) is 21.7.